The molecule has 0 bridgehead atoms. The first-order chi connectivity index (χ1) is 16.9. The fourth-order valence-electron chi connectivity index (χ4n) is 5.36. The third-order valence-electron chi connectivity index (χ3n) is 7.02. The number of methoxy groups -OCH3 is 1. The van der Waals surface area contributed by atoms with E-state index in [2.05, 4.69) is 16.0 Å². The summed E-state index contributed by atoms with van der Waals surface area (Å²) >= 11 is 0. The second kappa shape index (κ2) is 9.19. The normalized spacial score (nSPS) is 19.8. The smallest absolute Gasteiger partial charge is 0.337 e. The number of esters is 1. The predicted octanol–water partition coefficient (Wildman–Crippen LogP) is 2.59. The number of aromatic amines is 1. The molecule has 0 saturated carbocycles. The van der Waals surface area contributed by atoms with Crippen LogP contribution in [-0.2, 0) is 20.7 Å². The average molecular weight is 475 g/mol. The summed E-state index contributed by atoms with van der Waals surface area (Å²) in [5, 5.41) is 1.07. The van der Waals surface area contributed by atoms with E-state index in [0.717, 1.165) is 40.7 Å². The minimum atomic E-state index is -0.562. The molecular weight excluding hydrogens is 444 g/mol. The van der Waals surface area contributed by atoms with Crippen molar-refractivity contribution in [1.29, 1.82) is 0 Å². The number of nitrogens with zero attached hydrogens (tertiary/aromatic N) is 3. The summed E-state index contributed by atoms with van der Waals surface area (Å²) in [5.41, 5.74) is 4.26. The summed E-state index contributed by atoms with van der Waals surface area (Å²) in [5.74, 6) is -0.483. The fraction of sp³-hybridized carbons (Fsp3) is 0.370. The third-order valence-corrected chi connectivity index (χ3v) is 7.02. The molecule has 1 fully saturated rings. The maximum atomic E-state index is 13.7. The van der Waals surface area contributed by atoms with E-state index in [4.69, 9.17) is 4.74 Å². The Balaban J connectivity index is 1.56. The van der Waals surface area contributed by atoms with Crippen LogP contribution in [-0.4, -0.2) is 84.3 Å². The van der Waals surface area contributed by atoms with Gasteiger partial charge >= 0.3 is 5.97 Å². The van der Waals surface area contributed by atoms with Crippen molar-refractivity contribution < 1.29 is 19.1 Å². The molecule has 3 heterocycles. The van der Waals surface area contributed by atoms with Crippen molar-refractivity contribution in [2.24, 2.45) is 0 Å². The molecule has 1 saturated heterocycles. The first kappa shape index (κ1) is 23.1. The van der Waals surface area contributed by atoms with Crippen molar-refractivity contribution in [2.75, 3.05) is 40.8 Å². The first-order valence-corrected chi connectivity index (χ1v) is 11.9. The molecule has 2 aliphatic heterocycles. The van der Waals surface area contributed by atoms with Crippen LogP contribution in [0.3, 0.4) is 0 Å². The number of benzene rings is 2. The Kier molecular flexibility index (Phi) is 6.06. The lowest BCUT2D eigenvalue weighted by atomic mass is 9.86. The number of rotatable bonds is 6. The topological polar surface area (TPSA) is 86.0 Å². The van der Waals surface area contributed by atoms with Gasteiger partial charge in [-0.05, 0) is 56.4 Å². The molecule has 2 aliphatic rings. The first-order valence-electron chi connectivity index (χ1n) is 11.9. The van der Waals surface area contributed by atoms with Gasteiger partial charge in [-0.1, -0.05) is 30.3 Å². The summed E-state index contributed by atoms with van der Waals surface area (Å²) in [6.07, 6.45) is 1.29. The van der Waals surface area contributed by atoms with E-state index in [9.17, 15) is 14.4 Å². The Hall–Kier alpha value is -3.65. The van der Waals surface area contributed by atoms with E-state index in [1.165, 1.54) is 7.11 Å². The molecule has 182 valence electrons. The van der Waals surface area contributed by atoms with Gasteiger partial charge in [-0.15, -0.1) is 0 Å². The summed E-state index contributed by atoms with van der Waals surface area (Å²) in [6, 6.07) is 14.1. The van der Waals surface area contributed by atoms with Crippen LogP contribution in [0.4, 0.5) is 0 Å². The van der Waals surface area contributed by atoms with Crippen molar-refractivity contribution >= 4 is 28.7 Å². The SMILES string of the molecule is COC(=O)c1ccc([C@H]2c3[nH]c4ccccc4c3C[C@H]3C(=O)N(CCCN(C)C)CC(=O)N23)cc1. The Labute approximate surface area is 204 Å². The standard InChI is InChI=1S/C27H30N4O4/c1-29(2)13-6-14-30-16-23(32)31-22(26(30)33)15-20-19-7-4-5-8-21(19)28-24(20)25(31)17-9-11-18(12-10-17)27(34)35-3/h4-5,7-12,22,25,28H,6,13-16H2,1-3H3/t22-,25-/m0/s1. The quantitative estimate of drug-likeness (QED) is 0.555. The second-order valence-electron chi connectivity index (χ2n) is 9.52. The number of carbonyl (C=O) groups excluding carboxylic acids is 3. The van der Waals surface area contributed by atoms with Crippen LogP contribution in [0.2, 0.25) is 0 Å². The average Bonchev–Trinajstić information content (AvgIpc) is 3.23. The Bertz CT molecular complexity index is 1280. The van der Waals surface area contributed by atoms with Gasteiger partial charge < -0.3 is 24.4 Å². The molecule has 8 heteroatoms. The van der Waals surface area contributed by atoms with Crippen molar-refractivity contribution in [1.82, 2.24) is 19.7 Å². The Morgan fingerprint density at radius 1 is 1.11 bits per heavy atom. The maximum absolute atomic E-state index is 13.7. The van der Waals surface area contributed by atoms with Crippen LogP contribution >= 0.6 is 0 Å². The molecule has 1 N–H and O–H groups in total. The highest BCUT2D eigenvalue weighted by Crippen LogP contribution is 2.42. The zero-order chi connectivity index (χ0) is 24.7. The number of hydrogen-bond acceptors (Lipinski definition) is 5. The van der Waals surface area contributed by atoms with E-state index in [-0.39, 0.29) is 18.4 Å². The summed E-state index contributed by atoms with van der Waals surface area (Å²) in [6.45, 7) is 1.50. The van der Waals surface area contributed by atoms with Crippen molar-refractivity contribution in [3.63, 3.8) is 0 Å². The molecular formula is C27H30N4O4. The van der Waals surface area contributed by atoms with E-state index < -0.39 is 18.1 Å². The molecule has 0 spiro atoms. The molecule has 2 atom stereocenters. The van der Waals surface area contributed by atoms with Gasteiger partial charge in [0.1, 0.15) is 6.04 Å². The van der Waals surface area contributed by atoms with Crippen molar-refractivity contribution in [3.8, 4) is 0 Å². The minimum Gasteiger partial charge on any atom is -0.465 e. The Morgan fingerprint density at radius 3 is 2.57 bits per heavy atom. The highest BCUT2D eigenvalue weighted by atomic mass is 16.5. The summed E-state index contributed by atoms with van der Waals surface area (Å²) < 4.78 is 4.83. The fourth-order valence-corrected chi connectivity index (χ4v) is 5.36. The van der Waals surface area contributed by atoms with Crippen LogP contribution in [0, 0.1) is 0 Å². The van der Waals surface area contributed by atoms with Gasteiger partial charge in [0.2, 0.25) is 11.8 Å². The zero-order valence-electron chi connectivity index (χ0n) is 20.3. The second-order valence-corrected chi connectivity index (χ2v) is 9.52. The highest BCUT2D eigenvalue weighted by molar-refractivity contribution is 5.97. The molecule has 8 nitrogen and oxygen atoms in total. The molecule has 0 aliphatic carbocycles. The van der Waals surface area contributed by atoms with Crippen LogP contribution in [0.15, 0.2) is 48.5 Å². The number of ether oxygens (including phenoxy) is 1. The van der Waals surface area contributed by atoms with E-state index >= 15 is 0 Å². The lowest BCUT2D eigenvalue weighted by Crippen LogP contribution is -2.63. The number of piperazine rings is 1. The molecule has 2 aromatic carbocycles. The highest BCUT2D eigenvalue weighted by Gasteiger charge is 2.48. The molecule has 5 rings (SSSR count). The van der Waals surface area contributed by atoms with Gasteiger partial charge in [0.15, 0.2) is 0 Å². The number of hydrogen-bond donors (Lipinski definition) is 1. The van der Waals surface area contributed by atoms with Gasteiger partial charge in [-0.2, -0.15) is 0 Å². The lowest BCUT2D eigenvalue weighted by Gasteiger charge is -2.47. The number of nitrogens with one attached hydrogen (secondary N) is 1. The molecule has 0 unspecified atom stereocenters. The van der Waals surface area contributed by atoms with Gasteiger partial charge in [0.25, 0.3) is 0 Å². The molecule has 1 aromatic heterocycles. The molecule has 3 aromatic rings. The number of H-pyrrole nitrogens is 1. The number of fused-ring (bicyclic) bond motifs is 4. The molecule has 2 amide bonds. The molecule has 35 heavy (non-hydrogen) atoms. The van der Waals surface area contributed by atoms with Crippen LogP contribution in [0.5, 0.6) is 0 Å². The van der Waals surface area contributed by atoms with Gasteiger partial charge in [0.05, 0.1) is 25.3 Å². The van der Waals surface area contributed by atoms with Gasteiger partial charge in [0, 0.05) is 29.6 Å². The number of carbonyl (C=O) groups is 3. The van der Waals surface area contributed by atoms with E-state index in [1.807, 2.05) is 44.4 Å². The number of amides is 2. The van der Waals surface area contributed by atoms with Crippen LogP contribution in [0.25, 0.3) is 10.9 Å². The van der Waals surface area contributed by atoms with Crippen molar-refractivity contribution in [3.05, 3.63) is 70.9 Å². The van der Waals surface area contributed by atoms with Gasteiger partial charge in [-0.25, -0.2) is 4.79 Å². The Morgan fingerprint density at radius 2 is 1.86 bits per heavy atom. The lowest BCUT2D eigenvalue weighted by molar-refractivity contribution is -0.158. The predicted molar refractivity (Wildman–Crippen MR) is 132 cm³/mol. The van der Waals surface area contributed by atoms with Crippen LogP contribution in [0.1, 0.15) is 39.6 Å². The monoisotopic (exact) mass is 474 g/mol. The minimum absolute atomic E-state index is 0.00420. The summed E-state index contributed by atoms with van der Waals surface area (Å²) in [7, 11) is 5.35. The maximum Gasteiger partial charge on any atom is 0.337 e. The zero-order valence-corrected chi connectivity index (χ0v) is 20.3. The van der Waals surface area contributed by atoms with Crippen molar-refractivity contribution in [2.45, 2.75) is 24.9 Å². The summed E-state index contributed by atoms with van der Waals surface area (Å²) in [4.78, 5) is 48.2. The molecule has 0 radical (unpaired) electrons. The largest absolute Gasteiger partial charge is 0.465 e. The van der Waals surface area contributed by atoms with E-state index in [0.29, 0.717) is 18.5 Å². The van der Waals surface area contributed by atoms with Gasteiger partial charge in [-0.3, -0.25) is 9.59 Å². The number of aromatic nitrogens is 1. The third kappa shape index (κ3) is 4.08. The number of para-hydroxylation sites is 1. The van der Waals surface area contributed by atoms with E-state index in [1.54, 1.807) is 21.9 Å². The van der Waals surface area contributed by atoms with Crippen LogP contribution < -0.4 is 0 Å².